The van der Waals surface area contributed by atoms with Crippen molar-refractivity contribution in [1.82, 2.24) is 0 Å². The molecule has 2 N–H and O–H groups in total. The number of rotatable bonds is 5. The van der Waals surface area contributed by atoms with Crippen LogP contribution in [0.15, 0.2) is 51.8 Å². The number of hydrogen-bond donors (Lipinski definition) is 1. The molecule has 0 radical (unpaired) electrons. The van der Waals surface area contributed by atoms with Crippen LogP contribution in [0, 0.1) is 11.6 Å². The lowest BCUT2D eigenvalue weighted by Gasteiger charge is -2.12. The van der Waals surface area contributed by atoms with Gasteiger partial charge in [0.15, 0.2) is 0 Å². The van der Waals surface area contributed by atoms with Gasteiger partial charge in [-0.1, -0.05) is 15.9 Å². The maximum absolute atomic E-state index is 13.5. The summed E-state index contributed by atoms with van der Waals surface area (Å²) in [7, 11) is 0. The van der Waals surface area contributed by atoms with E-state index in [0.29, 0.717) is 17.7 Å². The fourth-order valence-corrected chi connectivity index (χ4v) is 2.89. The maximum atomic E-state index is 13.5. The van der Waals surface area contributed by atoms with Gasteiger partial charge >= 0.3 is 0 Å². The van der Waals surface area contributed by atoms with E-state index in [1.807, 2.05) is 24.3 Å². The monoisotopic (exact) mass is 357 g/mol. The highest BCUT2D eigenvalue weighted by atomic mass is 79.9. The Hall–Kier alpha value is -0.910. The summed E-state index contributed by atoms with van der Waals surface area (Å²) in [5, 5.41) is 0. The molecule has 106 valence electrons. The summed E-state index contributed by atoms with van der Waals surface area (Å²) in [6, 6.07) is 11.1. The molecule has 0 amide bonds. The molecule has 2 aromatic carbocycles. The Kier molecular flexibility index (Phi) is 5.57. The summed E-state index contributed by atoms with van der Waals surface area (Å²) in [4.78, 5) is 1.10. The third-order valence-electron chi connectivity index (χ3n) is 2.77. The first-order valence-electron chi connectivity index (χ1n) is 6.12. The second-order valence-corrected chi connectivity index (χ2v) is 6.47. The highest BCUT2D eigenvalue weighted by molar-refractivity contribution is 9.10. The van der Waals surface area contributed by atoms with Gasteiger partial charge < -0.3 is 5.73 Å². The van der Waals surface area contributed by atoms with Crippen LogP contribution >= 0.6 is 27.7 Å². The second-order valence-electron chi connectivity index (χ2n) is 4.46. The smallest absolute Gasteiger partial charge is 0.126 e. The van der Waals surface area contributed by atoms with E-state index in [2.05, 4.69) is 15.9 Å². The van der Waals surface area contributed by atoms with E-state index in [1.165, 1.54) is 6.07 Å². The molecule has 0 bridgehead atoms. The quantitative estimate of drug-likeness (QED) is 0.803. The van der Waals surface area contributed by atoms with Crippen molar-refractivity contribution in [3.8, 4) is 0 Å². The Bertz CT molecular complexity index is 575. The highest BCUT2D eigenvalue weighted by Gasteiger charge is 2.10. The van der Waals surface area contributed by atoms with E-state index >= 15 is 0 Å². The second kappa shape index (κ2) is 7.20. The molecule has 1 atom stereocenters. The van der Waals surface area contributed by atoms with Crippen molar-refractivity contribution in [3.05, 3.63) is 64.1 Å². The molecule has 0 fully saturated rings. The zero-order valence-corrected chi connectivity index (χ0v) is 13.1. The first kappa shape index (κ1) is 15.5. The van der Waals surface area contributed by atoms with E-state index in [1.54, 1.807) is 11.8 Å². The minimum atomic E-state index is -0.436. The Morgan fingerprint density at radius 3 is 2.50 bits per heavy atom. The number of thioether (sulfide) groups is 1. The summed E-state index contributed by atoms with van der Waals surface area (Å²) in [6.07, 6.45) is 0.327. The molecule has 0 aromatic heterocycles. The Labute approximate surface area is 129 Å². The molecule has 1 unspecified atom stereocenters. The average Bonchev–Trinajstić information content (AvgIpc) is 2.42. The van der Waals surface area contributed by atoms with E-state index < -0.39 is 11.6 Å². The minimum Gasteiger partial charge on any atom is -0.327 e. The summed E-state index contributed by atoms with van der Waals surface area (Å²) in [5.74, 6) is -0.193. The van der Waals surface area contributed by atoms with Gasteiger partial charge in [0.25, 0.3) is 0 Å². The number of hydrogen-bond acceptors (Lipinski definition) is 2. The van der Waals surface area contributed by atoms with Gasteiger partial charge in [0.05, 0.1) is 0 Å². The Balaban J connectivity index is 1.90. The fourth-order valence-electron chi connectivity index (χ4n) is 1.78. The van der Waals surface area contributed by atoms with Gasteiger partial charge in [0.1, 0.15) is 11.6 Å². The summed E-state index contributed by atoms with van der Waals surface area (Å²) in [6.45, 7) is 0. The third kappa shape index (κ3) is 4.58. The SMILES string of the molecule is NC(CSc1ccc(Br)cc1)Cc1cc(F)ccc1F. The predicted molar refractivity (Wildman–Crippen MR) is 82.9 cm³/mol. The lowest BCUT2D eigenvalue weighted by Crippen LogP contribution is -2.26. The zero-order chi connectivity index (χ0) is 14.5. The van der Waals surface area contributed by atoms with Crippen LogP contribution in [0.5, 0.6) is 0 Å². The third-order valence-corrected chi connectivity index (χ3v) is 4.50. The standard InChI is InChI=1S/C15H14BrF2NS/c16-11-1-4-14(5-2-11)20-9-13(19)8-10-7-12(17)3-6-15(10)18/h1-7,13H,8-9,19H2. The van der Waals surface area contributed by atoms with E-state index in [9.17, 15) is 8.78 Å². The van der Waals surface area contributed by atoms with Gasteiger partial charge in [-0.05, 0) is 54.4 Å². The summed E-state index contributed by atoms with van der Waals surface area (Å²) >= 11 is 4.98. The average molecular weight is 358 g/mol. The number of nitrogens with two attached hydrogens (primary N) is 1. The minimum absolute atomic E-state index is 0.222. The molecule has 5 heteroatoms. The Morgan fingerprint density at radius 1 is 1.10 bits per heavy atom. The van der Waals surface area contributed by atoms with Crippen LogP contribution in [0.1, 0.15) is 5.56 Å². The molecule has 1 nitrogen and oxygen atoms in total. The first-order valence-corrected chi connectivity index (χ1v) is 7.90. The molecule has 0 aliphatic carbocycles. The van der Waals surface area contributed by atoms with Crippen molar-refractivity contribution < 1.29 is 8.78 Å². The van der Waals surface area contributed by atoms with Gasteiger partial charge in [-0.2, -0.15) is 0 Å². The molecular formula is C15H14BrF2NS. The van der Waals surface area contributed by atoms with Crippen LogP contribution in [0.25, 0.3) is 0 Å². The topological polar surface area (TPSA) is 26.0 Å². The summed E-state index contributed by atoms with van der Waals surface area (Å²) < 4.78 is 27.6. The van der Waals surface area contributed by atoms with Crippen LogP contribution in [0.3, 0.4) is 0 Å². The van der Waals surface area contributed by atoms with E-state index in [0.717, 1.165) is 21.5 Å². The van der Waals surface area contributed by atoms with Crippen molar-refractivity contribution in [2.45, 2.75) is 17.4 Å². The molecule has 0 saturated carbocycles. The van der Waals surface area contributed by atoms with Crippen LogP contribution in [0.4, 0.5) is 8.78 Å². The zero-order valence-electron chi connectivity index (χ0n) is 10.7. The molecule has 2 aromatic rings. The van der Waals surface area contributed by atoms with Crippen LogP contribution in [-0.4, -0.2) is 11.8 Å². The van der Waals surface area contributed by atoms with Crippen LogP contribution < -0.4 is 5.73 Å². The van der Waals surface area contributed by atoms with E-state index in [4.69, 9.17) is 5.73 Å². The largest absolute Gasteiger partial charge is 0.327 e. The molecule has 0 aliphatic rings. The molecular weight excluding hydrogens is 344 g/mol. The number of benzene rings is 2. The lowest BCUT2D eigenvalue weighted by molar-refractivity contribution is 0.576. The van der Waals surface area contributed by atoms with E-state index in [-0.39, 0.29) is 6.04 Å². The molecule has 2 rings (SSSR count). The van der Waals surface area contributed by atoms with Gasteiger partial charge in [-0.15, -0.1) is 11.8 Å². The lowest BCUT2D eigenvalue weighted by atomic mass is 10.1. The molecule has 0 saturated heterocycles. The van der Waals surface area contributed by atoms with Crippen molar-refractivity contribution >= 4 is 27.7 Å². The fraction of sp³-hybridized carbons (Fsp3) is 0.200. The van der Waals surface area contributed by atoms with Crippen LogP contribution in [0.2, 0.25) is 0 Å². The first-order chi connectivity index (χ1) is 9.54. The van der Waals surface area contributed by atoms with Crippen molar-refractivity contribution in [2.24, 2.45) is 5.73 Å². The normalized spacial score (nSPS) is 12.4. The molecule has 20 heavy (non-hydrogen) atoms. The van der Waals surface area contributed by atoms with Gasteiger partial charge in [-0.3, -0.25) is 0 Å². The molecule has 0 heterocycles. The summed E-state index contributed by atoms with van der Waals surface area (Å²) in [5.41, 5.74) is 6.31. The van der Waals surface area contributed by atoms with Gasteiger partial charge in [0.2, 0.25) is 0 Å². The molecule has 0 spiro atoms. The maximum Gasteiger partial charge on any atom is 0.126 e. The van der Waals surface area contributed by atoms with Crippen molar-refractivity contribution in [3.63, 3.8) is 0 Å². The number of halogens is 3. The molecule has 0 aliphatic heterocycles. The van der Waals surface area contributed by atoms with Crippen LogP contribution in [-0.2, 0) is 6.42 Å². The van der Waals surface area contributed by atoms with Gasteiger partial charge in [-0.25, -0.2) is 8.78 Å². The van der Waals surface area contributed by atoms with Crippen molar-refractivity contribution in [1.29, 1.82) is 0 Å². The predicted octanol–water partition coefficient (Wildman–Crippen LogP) is 4.39. The highest BCUT2D eigenvalue weighted by Crippen LogP contribution is 2.22. The Morgan fingerprint density at radius 2 is 1.80 bits per heavy atom. The van der Waals surface area contributed by atoms with Gasteiger partial charge in [0, 0.05) is 21.2 Å². The van der Waals surface area contributed by atoms with Crippen molar-refractivity contribution in [2.75, 3.05) is 5.75 Å².